The predicted molar refractivity (Wildman–Crippen MR) is 168 cm³/mol. The molecule has 40 heavy (non-hydrogen) atoms. The van der Waals surface area contributed by atoms with E-state index in [1.807, 2.05) is 46.8 Å². The highest BCUT2D eigenvalue weighted by Gasteiger charge is 2.27. The largest absolute Gasteiger partial charge is 0.412 e. The molecule has 3 aromatic rings. The quantitative estimate of drug-likeness (QED) is 0.377. The third-order valence-corrected chi connectivity index (χ3v) is 6.73. The van der Waals surface area contributed by atoms with Crippen LogP contribution >= 0.6 is 0 Å². The van der Waals surface area contributed by atoms with Crippen molar-refractivity contribution < 1.29 is 19.8 Å². The lowest BCUT2D eigenvalue weighted by atomic mass is 9.93. The van der Waals surface area contributed by atoms with Crippen molar-refractivity contribution in [2.24, 2.45) is 0 Å². The molecule has 0 aromatic heterocycles. The normalized spacial score (nSPS) is 15.1. The van der Waals surface area contributed by atoms with Crippen LogP contribution in [-0.2, 0) is 12.8 Å². The van der Waals surface area contributed by atoms with Gasteiger partial charge in [0.1, 0.15) is 5.82 Å². The van der Waals surface area contributed by atoms with E-state index in [9.17, 15) is 9.18 Å². The topological polar surface area (TPSA) is 84.1 Å². The zero-order valence-electron chi connectivity index (χ0n) is 25.8. The Labute approximate surface area is 241 Å². The van der Waals surface area contributed by atoms with Crippen LogP contribution in [-0.4, -0.2) is 60.6 Å². The maximum absolute atomic E-state index is 12.9. The van der Waals surface area contributed by atoms with Crippen LogP contribution in [0.1, 0.15) is 67.2 Å². The standard InChI is InChI=1S/C15H13FO.C14H20N2.2C2H6.CH4O.H2O/c1-10-4-3-5-14(11(2)17)15(10)12-6-8-13(16)9-7-12;1-11-2-3-12-9-14(10-13(12)8-11)16-6-4-15-5-7-16;3*1-2;/h3-9H,1-2H3;2-3,8,14-15H,4-7,9-10H2,1H3;2*1-2H3;2H,1H3;1H2. The Morgan fingerprint density at radius 1 is 0.875 bits per heavy atom. The van der Waals surface area contributed by atoms with Gasteiger partial charge in [0.15, 0.2) is 5.78 Å². The average molecular weight is 555 g/mol. The number of fused-ring (bicyclic) bond motifs is 1. The Kier molecular flexibility index (Phi) is 18.6. The number of halogens is 1. The van der Waals surface area contributed by atoms with Crippen LogP contribution < -0.4 is 5.32 Å². The molecule has 1 fully saturated rings. The number of piperazine rings is 1. The number of benzene rings is 3. The number of aliphatic hydroxyl groups is 1. The van der Waals surface area contributed by atoms with Gasteiger partial charge in [0.25, 0.3) is 0 Å². The predicted octanol–water partition coefficient (Wildman–Crippen LogP) is 6.21. The zero-order chi connectivity index (χ0) is 29.4. The van der Waals surface area contributed by atoms with Crippen molar-refractivity contribution in [3.63, 3.8) is 0 Å². The van der Waals surface area contributed by atoms with Gasteiger partial charge < -0.3 is 15.9 Å². The summed E-state index contributed by atoms with van der Waals surface area (Å²) in [6.07, 6.45) is 2.52. The van der Waals surface area contributed by atoms with Crippen LogP contribution in [0.2, 0.25) is 0 Å². The van der Waals surface area contributed by atoms with E-state index in [-0.39, 0.29) is 17.1 Å². The second-order valence-electron chi connectivity index (χ2n) is 9.18. The SMILES string of the molecule is CC.CC.CC(=O)c1cccc(C)c1-c1ccc(F)cc1.CO.Cc1ccc2c(c1)CC(N1CCNCC1)C2.O. The van der Waals surface area contributed by atoms with Gasteiger partial charge in [0.2, 0.25) is 0 Å². The van der Waals surface area contributed by atoms with Gasteiger partial charge in [-0.25, -0.2) is 4.39 Å². The highest BCUT2D eigenvalue weighted by molar-refractivity contribution is 6.01. The van der Waals surface area contributed by atoms with E-state index < -0.39 is 0 Å². The van der Waals surface area contributed by atoms with Crippen molar-refractivity contribution in [2.45, 2.75) is 67.3 Å². The molecule has 0 amide bonds. The number of ketones is 1. The van der Waals surface area contributed by atoms with Crippen LogP contribution in [0, 0.1) is 19.7 Å². The molecule has 5 nitrogen and oxygen atoms in total. The number of rotatable bonds is 3. The molecule has 1 aliphatic carbocycles. The molecule has 1 unspecified atom stereocenters. The van der Waals surface area contributed by atoms with Crippen molar-refractivity contribution in [1.82, 2.24) is 10.2 Å². The summed E-state index contributed by atoms with van der Waals surface area (Å²) in [5.74, 6) is -0.250. The van der Waals surface area contributed by atoms with Crippen molar-refractivity contribution in [3.05, 3.63) is 94.3 Å². The number of aryl methyl sites for hydroxylation is 2. The molecule has 0 radical (unpaired) electrons. The Morgan fingerprint density at radius 3 is 2.02 bits per heavy atom. The number of hydrogen-bond acceptors (Lipinski definition) is 4. The molecule has 4 N–H and O–H groups in total. The maximum Gasteiger partial charge on any atom is 0.160 e. The lowest BCUT2D eigenvalue weighted by molar-refractivity contribution is 0.101. The van der Waals surface area contributed by atoms with E-state index in [1.165, 1.54) is 43.6 Å². The minimum atomic E-state index is -0.272. The molecule has 2 aliphatic rings. The summed E-state index contributed by atoms with van der Waals surface area (Å²) in [7, 11) is 1.00. The lowest BCUT2D eigenvalue weighted by Gasteiger charge is -2.32. The number of carbonyl (C=O) groups is 1. The maximum atomic E-state index is 12.9. The van der Waals surface area contributed by atoms with E-state index in [0.29, 0.717) is 5.56 Å². The number of Topliss-reactive ketones (excluding diaryl/α,β-unsaturated/α-hetero) is 1. The van der Waals surface area contributed by atoms with Gasteiger partial charge in [-0.05, 0) is 73.6 Å². The van der Waals surface area contributed by atoms with Crippen LogP contribution in [0.15, 0.2) is 60.7 Å². The van der Waals surface area contributed by atoms with E-state index in [1.54, 1.807) is 36.2 Å². The van der Waals surface area contributed by atoms with Crippen LogP contribution in [0.3, 0.4) is 0 Å². The number of carbonyl (C=O) groups excluding carboxylic acids is 1. The van der Waals surface area contributed by atoms with Gasteiger partial charge in [-0.1, -0.05) is 81.8 Å². The fourth-order valence-electron chi connectivity index (χ4n) is 4.99. The third-order valence-electron chi connectivity index (χ3n) is 6.73. The highest BCUT2D eigenvalue weighted by atomic mass is 19.1. The van der Waals surface area contributed by atoms with Gasteiger partial charge in [-0.15, -0.1) is 0 Å². The monoisotopic (exact) mass is 554 g/mol. The second kappa shape index (κ2) is 20.0. The molecule has 1 aliphatic heterocycles. The van der Waals surface area contributed by atoms with Gasteiger partial charge in [-0.2, -0.15) is 0 Å². The van der Waals surface area contributed by atoms with Crippen molar-refractivity contribution in [2.75, 3.05) is 33.3 Å². The first-order valence-electron chi connectivity index (χ1n) is 14.3. The van der Waals surface area contributed by atoms with E-state index in [4.69, 9.17) is 5.11 Å². The summed E-state index contributed by atoms with van der Waals surface area (Å²) in [5.41, 5.74) is 8.02. The summed E-state index contributed by atoms with van der Waals surface area (Å²) >= 11 is 0. The molecule has 222 valence electrons. The minimum Gasteiger partial charge on any atom is -0.412 e. The average Bonchev–Trinajstić information content (AvgIpc) is 3.41. The molecule has 3 aromatic carbocycles. The summed E-state index contributed by atoms with van der Waals surface area (Å²) in [6.45, 7) is 18.4. The van der Waals surface area contributed by atoms with Gasteiger partial charge in [0.05, 0.1) is 0 Å². The number of nitrogens with zero attached hydrogens (tertiary/aromatic N) is 1. The Balaban J connectivity index is 0.000000629. The van der Waals surface area contributed by atoms with Gasteiger partial charge in [0, 0.05) is 44.9 Å². The Hall–Kier alpha value is -2.90. The molecule has 0 spiro atoms. The fraction of sp³-hybridized carbons (Fsp3) is 0.441. The molecule has 1 heterocycles. The summed E-state index contributed by atoms with van der Waals surface area (Å²) in [6, 6.07) is 19.5. The van der Waals surface area contributed by atoms with E-state index in [0.717, 1.165) is 42.9 Å². The Bertz CT molecular complexity index is 1130. The first-order chi connectivity index (χ1) is 18.9. The third kappa shape index (κ3) is 10.6. The zero-order valence-corrected chi connectivity index (χ0v) is 25.8. The molecular formula is C34H51FN2O3. The molecule has 0 saturated carbocycles. The molecular weight excluding hydrogens is 503 g/mol. The molecule has 5 rings (SSSR count). The molecule has 0 bridgehead atoms. The van der Waals surface area contributed by atoms with Crippen molar-refractivity contribution >= 4 is 5.78 Å². The lowest BCUT2D eigenvalue weighted by Crippen LogP contribution is -2.48. The summed E-state index contributed by atoms with van der Waals surface area (Å²) < 4.78 is 12.9. The van der Waals surface area contributed by atoms with Crippen molar-refractivity contribution in [1.29, 1.82) is 0 Å². The van der Waals surface area contributed by atoms with Crippen LogP contribution in [0.4, 0.5) is 4.39 Å². The van der Waals surface area contributed by atoms with Gasteiger partial charge in [-0.3, -0.25) is 9.69 Å². The molecule has 6 heteroatoms. The van der Waals surface area contributed by atoms with E-state index >= 15 is 0 Å². The number of aliphatic hydroxyl groups excluding tert-OH is 1. The van der Waals surface area contributed by atoms with Crippen LogP contribution in [0.25, 0.3) is 11.1 Å². The first kappa shape index (κ1) is 37.1. The second-order valence-corrected chi connectivity index (χ2v) is 9.18. The fourth-order valence-corrected chi connectivity index (χ4v) is 4.99. The Morgan fingerprint density at radius 2 is 1.45 bits per heavy atom. The highest BCUT2D eigenvalue weighted by Crippen LogP contribution is 2.28. The molecule has 1 saturated heterocycles. The summed E-state index contributed by atoms with van der Waals surface area (Å²) in [4.78, 5) is 14.2. The van der Waals surface area contributed by atoms with Crippen LogP contribution in [0.5, 0.6) is 0 Å². The summed E-state index contributed by atoms with van der Waals surface area (Å²) in [5, 5.41) is 10.4. The minimum absolute atomic E-state index is 0. The first-order valence-corrected chi connectivity index (χ1v) is 14.3. The number of nitrogens with one attached hydrogen (secondary N) is 1. The number of hydrogen-bond donors (Lipinski definition) is 2. The van der Waals surface area contributed by atoms with Gasteiger partial charge >= 0.3 is 0 Å². The smallest absolute Gasteiger partial charge is 0.160 e. The molecule has 1 atom stereocenters. The van der Waals surface area contributed by atoms with E-state index in [2.05, 4.69) is 35.3 Å². The van der Waals surface area contributed by atoms with Crippen molar-refractivity contribution in [3.8, 4) is 11.1 Å².